The van der Waals surface area contributed by atoms with E-state index >= 15 is 0 Å². The zero-order valence-electron chi connectivity index (χ0n) is 32.7. The Morgan fingerprint density at radius 2 is 0.959 bits per heavy atom. The highest BCUT2D eigenvalue weighted by Crippen LogP contribution is 2.38. The fourth-order valence-corrected chi connectivity index (χ4v) is 6.42. The van der Waals surface area contributed by atoms with E-state index < -0.39 is 32.5 Å². The van der Waals surface area contributed by atoms with Gasteiger partial charge in [0.05, 0.1) is 27.7 Å². The van der Waals surface area contributed by atoms with Gasteiger partial charge in [0.2, 0.25) is 0 Å². The minimum Gasteiger partial charge on any atom is -0.756 e. The topological polar surface area (TPSA) is 111 Å². The van der Waals surface area contributed by atoms with Gasteiger partial charge in [-0.1, -0.05) is 162 Å². The predicted molar refractivity (Wildman–Crippen MR) is 199 cm³/mol. The SMILES string of the molecule is CCCCCCCCCCCCCCCCCCCCCCCCCCC(=O)OC(COC(=O)CCC)COP(=O)([O-])OCC[N+](C)(C)C. The van der Waals surface area contributed by atoms with Gasteiger partial charge in [0.1, 0.15) is 19.8 Å². The number of phosphoric ester groups is 1. The zero-order chi connectivity index (χ0) is 36.5. The highest BCUT2D eigenvalue weighted by Gasteiger charge is 2.21. The number of nitrogens with zero attached hydrogens (tertiary/aromatic N) is 1. The minimum absolute atomic E-state index is 0.0280. The smallest absolute Gasteiger partial charge is 0.306 e. The summed E-state index contributed by atoms with van der Waals surface area (Å²) >= 11 is 0. The fraction of sp³-hybridized carbons (Fsp3) is 0.949. The van der Waals surface area contributed by atoms with Crippen LogP contribution in [0, 0.1) is 0 Å². The van der Waals surface area contributed by atoms with Crippen LogP contribution in [0.4, 0.5) is 0 Å². The molecule has 0 aromatic rings. The van der Waals surface area contributed by atoms with Crippen LogP contribution in [0.25, 0.3) is 0 Å². The average molecular weight is 720 g/mol. The van der Waals surface area contributed by atoms with Gasteiger partial charge >= 0.3 is 11.9 Å². The molecule has 0 aliphatic carbocycles. The van der Waals surface area contributed by atoms with E-state index in [0.29, 0.717) is 23.9 Å². The largest absolute Gasteiger partial charge is 0.756 e. The van der Waals surface area contributed by atoms with Crippen LogP contribution in [0.2, 0.25) is 0 Å². The molecule has 2 unspecified atom stereocenters. The number of ether oxygens (including phenoxy) is 2. The maximum Gasteiger partial charge on any atom is 0.306 e. The van der Waals surface area contributed by atoms with Crippen LogP contribution in [-0.4, -0.2) is 70.0 Å². The molecule has 0 rings (SSSR count). The van der Waals surface area contributed by atoms with Gasteiger partial charge < -0.3 is 27.9 Å². The summed E-state index contributed by atoms with van der Waals surface area (Å²) in [5.74, 6) is -0.885. The number of esters is 2. The molecule has 0 aliphatic heterocycles. The molecule has 0 aromatic carbocycles. The van der Waals surface area contributed by atoms with Crippen molar-refractivity contribution in [3.63, 3.8) is 0 Å². The van der Waals surface area contributed by atoms with E-state index in [9.17, 15) is 19.0 Å². The Hall–Kier alpha value is -0.990. The highest BCUT2D eigenvalue weighted by molar-refractivity contribution is 7.45. The molecular weight excluding hydrogens is 641 g/mol. The quantitative estimate of drug-likeness (QED) is 0.0270. The first kappa shape index (κ1) is 48.0. The fourth-order valence-electron chi connectivity index (χ4n) is 5.69. The van der Waals surface area contributed by atoms with Gasteiger partial charge in [-0.05, 0) is 12.8 Å². The number of carbonyl (C=O) groups is 2. The number of hydrogen-bond acceptors (Lipinski definition) is 8. The Balaban J connectivity index is 3.82. The van der Waals surface area contributed by atoms with E-state index in [-0.39, 0.29) is 26.1 Å². The van der Waals surface area contributed by atoms with Crippen molar-refractivity contribution in [2.45, 2.75) is 193 Å². The lowest BCUT2D eigenvalue weighted by Gasteiger charge is -2.28. The molecule has 0 bridgehead atoms. The molecular formula is C39H78NO8P. The van der Waals surface area contributed by atoms with Crippen LogP contribution in [0.3, 0.4) is 0 Å². The second-order valence-electron chi connectivity index (χ2n) is 15.0. The molecule has 0 amide bonds. The number of unbranched alkanes of at least 4 members (excludes halogenated alkanes) is 23. The van der Waals surface area contributed by atoms with Crippen molar-refractivity contribution in [1.29, 1.82) is 0 Å². The van der Waals surface area contributed by atoms with Crippen molar-refractivity contribution in [3.05, 3.63) is 0 Å². The first-order chi connectivity index (χ1) is 23.5. The van der Waals surface area contributed by atoms with Crippen molar-refractivity contribution in [3.8, 4) is 0 Å². The molecule has 292 valence electrons. The second-order valence-corrected chi connectivity index (χ2v) is 16.4. The third kappa shape index (κ3) is 36.6. The molecule has 0 saturated heterocycles. The lowest BCUT2D eigenvalue weighted by Crippen LogP contribution is -2.37. The maximum atomic E-state index is 12.5. The molecule has 0 aliphatic rings. The van der Waals surface area contributed by atoms with E-state index in [4.69, 9.17) is 18.5 Å². The molecule has 10 heteroatoms. The van der Waals surface area contributed by atoms with Crippen molar-refractivity contribution in [2.75, 3.05) is 47.5 Å². The summed E-state index contributed by atoms with van der Waals surface area (Å²) < 4.78 is 33.2. The Bertz CT molecular complexity index is 819. The Labute approximate surface area is 302 Å². The third-order valence-electron chi connectivity index (χ3n) is 8.85. The van der Waals surface area contributed by atoms with Gasteiger partial charge in [-0.2, -0.15) is 0 Å². The van der Waals surface area contributed by atoms with Crippen molar-refractivity contribution >= 4 is 19.8 Å². The van der Waals surface area contributed by atoms with Gasteiger partial charge in [-0.25, -0.2) is 0 Å². The molecule has 9 nitrogen and oxygen atoms in total. The molecule has 0 N–H and O–H groups in total. The van der Waals surface area contributed by atoms with Gasteiger partial charge in [0.15, 0.2) is 6.10 Å². The average Bonchev–Trinajstić information content (AvgIpc) is 3.03. The maximum absolute atomic E-state index is 12.5. The first-order valence-electron chi connectivity index (χ1n) is 20.2. The zero-order valence-corrected chi connectivity index (χ0v) is 33.6. The standard InChI is InChI=1S/C39H78NO8P/c1-6-8-9-10-11-12-13-14-15-16-17-18-19-20-21-22-23-24-25-26-27-28-29-30-32-39(42)48-37(35-45-38(41)31-7-2)36-47-49(43,44)46-34-33-40(3,4)5/h37H,6-36H2,1-5H3. The van der Waals surface area contributed by atoms with Crippen molar-refractivity contribution < 1.29 is 42.1 Å². The van der Waals surface area contributed by atoms with Gasteiger partial charge in [-0.15, -0.1) is 0 Å². The van der Waals surface area contributed by atoms with Crippen LogP contribution in [0.1, 0.15) is 187 Å². The van der Waals surface area contributed by atoms with Crippen molar-refractivity contribution in [2.24, 2.45) is 0 Å². The molecule has 0 heterocycles. The predicted octanol–water partition coefficient (Wildman–Crippen LogP) is 10.2. The van der Waals surface area contributed by atoms with Crippen LogP contribution >= 0.6 is 7.82 Å². The minimum atomic E-state index is -4.59. The second kappa shape index (κ2) is 32.9. The van der Waals surface area contributed by atoms with Crippen LogP contribution in [0.5, 0.6) is 0 Å². The molecule has 49 heavy (non-hydrogen) atoms. The molecule has 0 fully saturated rings. The van der Waals surface area contributed by atoms with E-state index in [0.717, 1.165) is 12.8 Å². The van der Waals surface area contributed by atoms with E-state index in [2.05, 4.69) is 6.92 Å². The van der Waals surface area contributed by atoms with Crippen LogP contribution in [-0.2, 0) is 32.7 Å². The molecule has 0 radical (unpaired) electrons. The van der Waals surface area contributed by atoms with Crippen LogP contribution < -0.4 is 4.89 Å². The molecule has 0 aromatic heterocycles. The Morgan fingerprint density at radius 3 is 1.35 bits per heavy atom. The van der Waals surface area contributed by atoms with E-state index in [1.54, 1.807) is 0 Å². The summed E-state index contributed by atoms with van der Waals surface area (Å²) in [6.45, 7) is 3.86. The monoisotopic (exact) mass is 720 g/mol. The van der Waals surface area contributed by atoms with E-state index in [1.807, 2.05) is 28.1 Å². The lowest BCUT2D eigenvalue weighted by molar-refractivity contribution is -0.870. The van der Waals surface area contributed by atoms with Crippen LogP contribution in [0.15, 0.2) is 0 Å². The Morgan fingerprint density at radius 1 is 0.551 bits per heavy atom. The van der Waals surface area contributed by atoms with Crippen molar-refractivity contribution in [1.82, 2.24) is 0 Å². The summed E-state index contributed by atoms with van der Waals surface area (Å²) in [5, 5.41) is 0. The summed E-state index contributed by atoms with van der Waals surface area (Å²) in [6, 6.07) is 0. The number of quaternary nitrogens is 1. The summed E-state index contributed by atoms with van der Waals surface area (Å²) in [4.78, 5) is 36.4. The highest BCUT2D eigenvalue weighted by atomic mass is 31.2. The first-order valence-corrected chi connectivity index (χ1v) is 21.7. The molecule has 0 saturated carbocycles. The Kier molecular flexibility index (Phi) is 32.2. The summed E-state index contributed by atoms with van der Waals surface area (Å²) in [6.07, 6.45) is 31.7. The number of hydrogen-bond donors (Lipinski definition) is 0. The number of rotatable bonds is 37. The number of likely N-dealkylation sites (N-methyl/N-ethyl adjacent to an activating group) is 1. The van der Waals surface area contributed by atoms with E-state index in [1.165, 1.54) is 135 Å². The normalized spacial score (nSPS) is 13.7. The van der Waals surface area contributed by atoms with Gasteiger partial charge in [-0.3, -0.25) is 14.2 Å². The van der Waals surface area contributed by atoms with Gasteiger partial charge in [0.25, 0.3) is 7.82 Å². The number of carbonyl (C=O) groups excluding carboxylic acids is 2. The summed E-state index contributed by atoms with van der Waals surface area (Å²) in [7, 11) is 1.17. The molecule has 2 atom stereocenters. The lowest BCUT2D eigenvalue weighted by atomic mass is 10.0. The van der Waals surface area contributed by atoms with Gasteiger partial charge in [0, 0.05) is 12.8 Å². The molecule has 0 spiro atoms. The summed E-state index contributed by atoms with van der Waals surface area (Å²) in [5.41, 5.74) is 0. The number of phosphoric acid groups is 1. The third-order valence-corrected chi connectivity index (χ3v) is 9.81.